The fourth-order valence-electron chi connectivity index (χ4n) is 2.13. The molecule has 1 amide bonds. The first-order chi connectivity index (χ1) is 10.2. The molecule has 108 valence electrons. The predicted molar refractivity (Wildman–Crippen MR) is 92.3 cm³/mol. The highest BCUT2D eigenvalue weighted by atomic mass is 32.2. The summed E-state index contributed by atoms with van der Waals surface area (Å²) in [5.41, 5.74) is 2.62. The number of rotatable bonds is 3. The zero-order chi connectivity index (χ0) is 14.7. The zero-order valence-corrected chi connectivity index (χ0v) is 13.3. The van der Waals surface area contributed by atoms with Crippen molar-refractivity contribution in [3.63, 3.8) is 0 Å². The van der Waals surface area contributed by atoms with Crippen LogP contribution < -0.4 is 5.32 Å². The monoisotopic (exact) mass is 317 g/mol. The molecule has 1 aromatic carbocycles. The Morgan fingerprint density at radius 2 is 2.29 bits per heavy atom. The van der Waals surface area contributed by atoms with Crippen LogP contribution in [-0.4, -0.2) is 33.3 Å². The molecule has 1 aromatic heterocycles. The number of nitrogens with zero attached hydrogens (tertiary/aromatic N) is 2. The van der Waals surface area contributed by atoms with Gasteiger partial charge >= 0.3 is 0 Å². The smallest absolute Gasteiger partial charge is 0.234 e. The number of aromatic nitrogens is 1. The lowest BCUT2D eigenvalue weighted by Gasteiger charge is -2.09. The number of hydrogen-bond acceptors (Lipinski definition) is 5. The molecule has 0 spiro atoms. The summed E-state index contributed by atoms with van der Waals surface area (Å²) >= 11 is 3.22. The first kappa shape index (κ1) is 14.4. The molecule has 1 aliphatic heterocycles. The number of benzene rings is 1. The molecule has 3 rings (SSSR count). The summed E-state index contributed by atoms with van der Waals surface area (Å²) in [5, 5.41) is 3.95. The van der Waals surface area contributed by atoms with Crippen LogP contribution in [0.25, 0.3) is 10.9 Å². The van der Waals surface area contributed by atoms with Crippen LogP contribution >= 0.6 is 23.5 Å². The topological polar surface area (TPSA) is 54.4 Å². The van der Waals surface area contributed by atoms with Crippen molar-refractivity contribution in [1.29, 1.82) is 0 Å². The number of anilines is 1. The summed E-state index contributed by atoms with van der Waals surface area (Å²) in [4.78, 5) is 20.9. The van der Waals surface area contributed by atoms with Crippen molar-refractivity contribution < 1.29 is 4.79 Å². The highest BCUT2D eigenvalue weighted by molar-refractivity contribution is 8.39. The van der Waals surface area contributed by atoms with Gasteiger partial charge in [0, 0.05) is 16.8 Å². The van der Waals surface area contributed by atoms with Crippen molar-refractivity contribution in [2.75, 3.05) is 23.4 Å². The summed E-state index contributed by atoms with van der Waals surface area (Å²) in [6.45, 7) is 2.80. The second kappa shape index (κ2) is 6.49. The Kier molecular flexibility index (Phi) is 4.45. The number of pyridine rings is 1. The van der Waals surface area contributed by atoms with Crippen molar-refractivity contribution in [2.24, 2.45) is 4.99 Å². The molecule has 1 N–H and O–H groups in total. The van der Waals surface area contributed by atoms with E-state index < -0.39 is 0 Å². The Labute approximate surface area is 131 Å². The van der Waals surface area contributed by atoms with Gasteiger partial charge in [-0.3, -0.25) is 14.8 Å². The Bertz CT molecular complexity index is 715. The standard InChI is InChI=1S/C15H15N3OS2/c1-10-8-13(11-4-2-3-5-12(11)17-10)18-14(19)9-21-15-16-6-7-20-15/h2-5,8H,6-7,9H2,1H3,(H,17,18,19). The molecular formula is C15H15N3OS2. The molecule has 21 heavy (non-hydrogen) atoms. The number of fused-ring (bicyclic) bond motifs is 1. The van der Waals surface area contributed by atoms with Gasteiger partial charge in [-0.15, -0.1) is 0 Å². The lowest BCUT2D eigenvalue weighted by Crippen LogP contribution is -2.15. The van der Waals surface area contributed by atoms with Crippen molar-refractivity contribution in [2.45, 2.75) is 6.92 Å². The average Bonchev–Trinajstić information content (AvgIpc) is 2.98. The van der Waals surface area contributed by atoms with Gasteiger partial charge in [-0.1, -0.05) is 41.7 Å². The third kappa shape index (κ3) is 3.57. The largest absolute Gasteiger partial charge is 0.325 e. The lowest BCUT2D eigenvalue weighted by molar-refractivity contribution is -0.113. The molecule has 4 nitrogen and oxygen atoms in total. The quantitative estimate of drug-likeness (QED) is 0.943. The maximum absolute atomic E-state index is 12.1. The minimum atomic E-state index is -0.00838. The Balaban J connectivity index is 1.73. The predicted octanol–water partition coefficient (Wildman–Crippen LogP) is 3.32. The second-order valence-corrected chi connectivity index (χ2v) is 6.97. The maximum atomic E-state index is 12.1. The zero-order valence-electron chi connectivity index (χ0n) is 11.6. The van der Waals surface area contributed by atoms with Gasteiger partial charge in [-0.25, -0.2) is 0 Å². The Morgan fingerprint density at radius 1 is 1.43 bits per heavy atom. The molecule has 2 heterocycles. The van der Waals surface area contributed by atoms with Gasteiger partial charge in [0.15, 0.2) is 0 Å². The molecule has 2 aromatic rings. The fourth-order valence-corrected chi connectivity index (χ4v) is 3.94. The van der Waals surface area contributed by atoms with Gasteiger partial charge in [0.05, 0.1) is 23.5 Å². The number of carbonyl (C=O) groups is 1. The third-order valence-corrected chi connectivity index (χ3v) is 5.26. The summed E-state index contributed by atoms with van der Waals surface area (Å²) in [5.74, 6) is 1.41. The van der Waals surface area contributed by atoms with Crippen molar-refractivity contribution in [3.8, 4) is 0 Å². The van der Waals surface area contributed by atoms with Crippen molar-refractivity contribution in [1.82, 2.24) is 4.98 Å². The van der Waals surface area contributed by atoms with Crippen LogP contribution in [0.3, 0.4) is 0 Å². The lowest BCUT2D eigenvalue weighted by atomic mass is 10.1. The molecule has 6 heteroatoms. The average molecular weight is 317 g/mol. The molecule has 0 bridgehead atoms. The number of aliphatic imine (C=N–C) groups is 1. The second-order valence-electron chi connectivity index (χ2n) is 4.66. The van der Waals surface area contributed by atoms with Gasteiger partial charge in [-0.2, -0.15) is 0 Å². The molecule has 1 aliphatic rings. The number of nitrogens with one attached hydrogen (secondary N) is 1. The van der Waals surface area contributed by atoms with Crippen LogP contribution in [0.4, 0.5) is 5.69 Å². The van der Waals surface area contributed by atoms with Crippen LogP contribution in [0, 0.1) is 6.92 Å². The van der Waals surface area contributed by atoms with Gasteiger partial charge < -0.3 is 5.32 Å². The van der Waals surface area contributed by atoms with E-state index in [2.05, 4.69) is 15.3 Å². The van der Waals surface area contributed by atoms with Crippen LogP contribution in [0.2, 0.25) is 0 Å². The van der Waals surface area contributed by atoms with E-state index in [0.717, 1.165) is 39.0 Å². The van der Waals surface area contributed by atoms with E-state index in [0.29, 0.717) is 5.75 Å². The molecule has 0 aliphatic carbocycles. The number of hydrogen-bond donors (Lipinski definition) is 1. The first-order valence-electron chi connectivity index (χ1n) is 6.69. The van der Waals surface area contributed by atoms with Crippen LogP contribution in [0.1, 0.15) is 5.69 Å². The van der Waals surface area contributed by atoms with Gasteiger partial charge in [0.25, 0.3) is 0 Å². The maximum Gasteiger partial charge on any atom is 0.234 e. The highest BCUT2D eigenvalue weighted by Gasteiger charge is 2.12. The molecule has 0 unspecified atom stereocenters. The van der Waals surface area contributed by atoms with E-state index in [1.807, 2.05) is 37.3 Å². The van der Waals surface area contributed by atoms with E-state index in [1.165, 1.54) is 11.8 Å². The molecule has 0 atom stereocenters. The number of aryl methyl sites for hydroxylation is 1. The van der Waals surface area contributed by atoms with Crippen molar-refractivity contribution >= 4 is 50.4 Å². The van der Waals surface area contributed by atoms with Gasteiger partial charge in [-0.05, 0) is 19.1 Å². The Morgan fingerprint density at radius 3 is 3.10 bits per heavy atom. The SMILES string of the molecule is Cc1cc(NC(=O)CSC2=NCCS2)c2ccccc2n1. The minimum Gasteiger partial charge on any atom is -0.325 e. The van der Waals surface area contributed by atoms with Gasteiger partial charge in [0.1, 0.15) is 4.38 Å². The van der Waals surface area contributed by atoms with Crippen LogP contribution in [0.5, 0.6) is 0 Å². The first-order valence-corrected chi connectivity index (χ1v) is 8.66. The van der Waals surface area contributed by atoms with Crippen molar-refractivity contribution in [3.05, 3.63) is 36.0 Å². The number of thioether (sulfide) groups is 2. The van der Waals surface area contributed by atoms with E-state index in [1.54, 1.807) is 11.8 Å². The van der Waals surface area contributed by atoms with Gasteiger partial charge in [0.2, 0.25) is 5.91 Å². The molecule has 0 radical (unpaired) electrons. The number of amides is 1. The van der Waals surface area contributed by atoms with E-state index in [-0.39, 0.29) is 5.91 Å². The minimum absolute atomic E-state index is 0.00838. The molecule has 0 fully saturated rings. The van der Waals surface area contributed by atoms with Crippen LogP contribution in [0.15, 0.2) is 35.3 Å². The molecular weight excluding hydrogens is 302 g/mol. The Hall–Kier alpha value is -1.53. The summed E-state index contributed by atoms with van der Waals surface area (Å²) in [6.07, 6.45) is 0. The summed E-state index contributed by atoms with van der Waals surface area (Å²) in [7, 11) is 0. The highest BCUT2D eigenvalue weighted by Crippen LogP contribution is 2.25. The fraction of sp³-hybridized carbons (Fsp3) is 0.267. The summed E-state index contributed by atoms with van der Waals surface area (Å²) < 4.78 is 1.01. The number of carbonyl (C=O) groups excluding carboxylic acids is 1. The van der Waals surface area contributed by atoms with E-state index >= 15 is 0 Å². The van der Waals surface area contributed by atoms with E-state index in [4.69, 9.17) is 0 Å². The summed E-state index contributed by atoms with van der Waals surface area (Å²) in [6, 6.07) is 9.74. The van der Waals surface area contributed by atoms with Crippen LogP contribution in [-0.2, 0) is 4.79 Å². The number of para-hydroxylation sites is 1. The molecule has 0 saturated heterocycles. The molecule has 0 saturated carbocycles. The normalized spacial score (nSPS) is 14.2. The van der Waals surface area contributed by atoms with E-state index in [9.17, 15) is 4.79 Å². The third-order valence-electron chi connectivity index (χ3n) is 3.00.